The van der Waals surface area contributed by atoms with Crippen molar-refractivity contribution in [1.29, 1.82) is 0 Å². The summed E-state index contributed by atoms with van der Waals surface area (Å²) in [6.45, 7) is 9.96. The highest BCUT2D eigenvalue weighted by molar-refractivity contribution is 7.92. The second kappa shape index (κ2) is 7.91. The first-order valence-electron chi connectivity index (χ1n) is 9.78. The lowest BCUT2D eigenvalue weighted by molar-refractivity contribution is -0.127. The quantitative estimate of drug-likeness (QED) is 0.759. The minimum atomic E-state index is -3.92. The molecular formula is C22H27FN2O4S. The van der Waals surface area contributed by atoms with Gasteiger partial charge in [-0.2, -0.15) is 0 Å². The van der Waals surface area contributed by atoms with Crippen molar-refractivity contribution >= 4 is 27.3 Å². The van der Waals surface area contributed by atoms with E-state index in [9.17, 15) is 17.6 Å². The molecule has 0 aromatic heterocycles. The number of benzene rings is 2. The summed E-state index contributed by atoms with van der Waals surface area (Å²) in [7, 11) is -3.92. The van der Waals surface area contributed by atoms with Gasteiger partial charge in [0.15, 0.2) is 0 Å². The molecule has 1 N–H and O–H groups in total. The van der Waals surface area contributed by atoms with E-state index in [1.807, 2.05) is 27.7 Å². The van der Waals surface area contributed by atoms with Crippen LogP contribution >= 0.6 is 0 Å². The predicted molar refractivity (Wildman–Crippen MR) is 115 cm³/mol. The largest absolute Gasteiger partial charge is 0.490 e. The number of sulfonamides is 1. The summed E-state index contributed by atoms with van der Waals surface area (Å²) in [5.41, 5.74) is 0.511. The van der Waals surface area contributed by atoms with Crippen LogP contribution in [0.25, 0.3) is 0 Å². The zero-order chi connectivity index (χ0) is 22.3. The van der Waals surface area contributed by atoms with Crippen LogP contribution in [0.1, 0.15) is 33.3 Å². The Morgan fingerprint density at radius 2 is 1.90 bits per heavy atom. The summed E-state index contributed by atoms with van der Waals surface area (Å²) in [6.07, 6.45) is 0. The molecule has 0 fully saturated rings. The van der Waals surface area contributed by atoms with Crippen LogP contribution in [0.2, 0.25) is 0 Å². The summed E-state index contributed by atoms with van der Waals surface area (Å²) >= 11 is 0. The Bertz CT molecular complexity index is 1080. The van der Waals surface area contributed by atoms with Gasteiger partial charge in [-0.3, -0.25) is 9.52 Å². The Balaban J connectivity index is 1.97. The average Bonchev–Trinajstić information content (AvgIpc) is 2.71. The number of nitrogens with one attached hydrogen (secondary N) is 1. The molecule has 2 aromatic rings. The molecule has 0 saturated heterocycles. The zero-order valence-electron chi connectivity index (χ0n) is 17.8. The van der Waals surface area contributed by atoms with Gasteiger partial charge in [-0.1, -0.05) is 13.8 Å². The van der Waals surface area contributed by atoms with Gasteiger partial charge in [-0.25, -0.2) is 12.8 Å². The van der Waals surface area contributed by atoms with Gasteiger partial charge in [0.1, 0.15) is 18.2 Å². The van der Waals surface area contributed by atoms with Crippen molar-refractivity contribution in [3.8, 4) is 5.75 Å². The maximum Gasteiger partial charge on any atom is 0.262 e. The van der Waals surface area contributed by atoms with E-state index in [1.165, 1.54) is 19.1 Å². The number of hydrogen-bond donors (Lipinski definition) is 1. The molecule has 0 radical (unpaired) electrons. The van der Waals surface area contributed by atoms with Crippen LogP contribution in [0.3, 0.4) is 0 Å². The monoisotopic (exact) mass is 434 g/mol. The highest BCUT2D eigenvalue weighted by atomic mass is 32.2. The molecule has 3 rings (SSSR count). The fraction of sp³-hybridized carbons (Fsp3) is 0.409. The number of aryl methyl sites for hydroxylation is 1. The molecule has 1 aliphatic rings. The van der Waals surface area contributed by atoms with Crippen LogP contribution in [-0.4, -0.2) is 27.5 Å². The van der Waals surface area contributed by atoms with E-state index in [0.717, 1.165) is 6.07 Å². The van der Waals surface area contributed by atoms with Crippen LogP contribution in [0.15, 0.2) is 41.3 Å². The lowest BCUT2D eigenvalue weighted by Crippen LogP contribution is -2.43. The van der Waals surface area contributed by atoms with E-state index in [-0.39, 0.29) is 23.3 Å². The summed E-state index contributed by atoms with van der Waals surface area (Å²) < 4.78 is 47.4. The molecule has 0 saturated carbocycles. The Morgan fingerprint density at radius 1 is 1.20 bits per heavy atom. The molecule has 2 aromatic carbocycles. The summed E-state index contributed by atoms with van der Waals surface area (Å²) in [4.78, 5) is 14.7. The fourth-order valence-electron chi connectivity index (χ4n) is 3.38. The SMILES string of the molecule is Cc1cc(F)ccc1S(=O)(=O)Nc1ccc2c(c1)OCC(C)(C)C(=O)N2CC(C)C. The lowest BCUT2D eigenvalue weighted by atomic mass is 9.92. The molecule has 0 atom stereocenters. The third-order valence-corrected chi connectivity index (χ3v) is 6.43. The molecule has 1 heterocycles. The van der Waals surface area contributed by atoms with Gasteiger partial charge in [0.05, 0.1) is 21.7 Å². The lowest BCUT2D eigenvalue weighted by Gasteiger charge is -2.29. The molecule has 0 unspecified atom stereocenters. The third kappa shape index (κ3) is 4.43. The number of carbonyl (C=O) groups excluding carboxylic acids is 1. The second-order valence-electron chi connectivity index (χ2n) is 8.68. The second-order valence-corrected chi connectivity index (χ2v) is 10.3. The Hall–Kier alpha value is -2.61. The van der Waals surface area contributed by atoms with Crippen molar-refractivity contribution in [2.75, 3.05) is 22.8 Å². The highest BCUT2D eigenvalue weighted by Gasteiger charge is 2.38. The Morgan fingerprint density at radius 3 is 2.53 bits per heavy atom. The number of amides is 1. The van der Waals surface area contributed by atoms with E-state index in [2.05, 4.69) is 4.72 Å². The van der Waals surface area contributed by atoms with Gasteiger partial charge in [0.2, 0.25) is 5.91 Å². The van der Waals surface area contributed by atoms with Gasteiger partial charge < -0.3 is 9.64 Å². The molecule has 8 heteroatoms. The van der Waals surface area contributed by atoms with E-state index in [0.29, 0.717) is 29.2 Å². The van der Waals surface area contributed by atoms with Crippen molar-refractivity contribution in [2.24, 2.45) is 11.3 Å². The first-order chi connectivity index (χ1) is 13.9. The van der Waals surface area contributed by atoms with Crippen LogP contribution in [-0.2, 0) is 14.8 Å². The molecule has 1 amide bonds. The standard InChI is InChI=1S/C22H27FN2O4S/c1-14(2)12-25-18-8-7-17(11-19(18)29-13-22(4,5)21(25)26)24-30(27,28)20-9-6-16(23)10-15(20)3/h6-11,14,24H,12-13H2,1-5H3. The maximum absolute atomic E-state index is 13.3. The van der Waals surface area contributed by atoms with Crippen LogP contribution in [0, 0.1) is 24.1 Å². The average molecular weight is 435 g/mol. The molecule has 0 spiro atoms. The first-order valence-corrected chi connectivity index (χ1v) is 11.3. The normalized spacial score (nSPS) is 16.1. The molecule has 0 aliphatic carbocycles. The smallest absolute Gasteiger partial charge is 0.262 e. The van der Waals surface area contributed by atoms with Crippen LogP contribution in [0.5, 0.6) is 5.75 Å². The van der Waals surface area contributed by atoms with Crippen molar-refractivity contribution in [3.05, 3.63) is 47.8 Å². The zero-order valence-corrected chi connectivity index (χ0v) is 18.6. The first kappa shape index (κ1) is 22.1. The van der Waals surface area contributed by atoms with E-state index >= 15 is 0 Å². The number of hydrogen-bond acceptors (Lipinski definition) is 4. The van der Waals surface area contributed by atoms with Gasteiger partial charge in [-0.05, 0) is 62.6 Å². The number of nitrogens with zero attached hydrogens (tertiary/aromatic N) is 1. The number of ether oxygens (including phenoxy) is 1. The number of anilines is 2. The van der Waals surface area contributed by atoms with E-state index < -0.39 is 21.3 Å². The number of rotatable bonds is 5. The molecule has 6 nitrogen and oxygen atoms in total. The number of carbonyl (C=O) groups is 1. The fourth-order valence-corrected chi connectivity index (χ4v) is 4.66. The van der Waals surface area contributed by atoms with Gasteiger partial charge in [0.25, 0.3) is 10.0 Å². The summed E-state index contributed by atoms with van der Waals surface area (Å²) in [5, 5.41) is 0. The maximum atomic E-state index is 13.3. The highest BCUT2D eigenvalue weighted by Crippen LogP contribution is 2.39. The van der Waals surface area contributed by atoms with Crippen molar-refractivity contribution in [1.82, 2.24) is 0 Å². The predicted octanol–water partition coefficient (Wildman–Crippen LogP) is 4.34. The van der Waals surface area contributed by atoms with Crippen molar-refractivity contribution in [2.45, 2.75) is 39.5 Å². The Labute approximate surface area is 177 Å². The van der Waals surface area contributed by atoms with E-state index in [1.54, 1.807) is 23.1 Å². The Kier molecular flexibility index (Phi) is 5.82. The molecule has 30 heavy (non-hydrogen) atoms. The topological polar surface area (TPSA) is 75.7 Å². The third-order valence-electron chi connectivity index (χ3n) is 4.89. The number of fused-ring (bicyclic) bond motifs is 1. The number of halogens is 1. The minimum Gasteiger partial charge on any atom is -0.490 e. The van der Waals surface area contributed by atoms with Crippen molar-refractivity contribution < 1.29 is 22.3 Å². The summed E-state index contributed by atoms with van der Waals surface area (Å²) in [5.74, 6) is 0.147. The van der Waals surface area contributed by atoms with Gasteiger partial charge in [-0.15, -0.1) is 0 Å². The van der Waals surface area contributed by atoms with Gasteiger partial charge >= 0.3 is 0 Å². The van der Waals surface area contributed by atoms with Crippen LogP contribution < -0.4 is 14.4 Å². The van der Waals surface area contributed by atoms with Gasteiger partial charge in [0, 0.05) is 12.6 Å². The molecule has 0 bridgehead atoms. The van der Waals surface area contributed by atoms with E-state index in [4.69, 9.17) is 4.74 Å². The molecular weight excluding hydrogens is 407 g/mol. The van der Waals surface area contributed by atoms with Crippen molar-refractivity contribution in [3.63, 3.8) is 0 Å². The summed E-state index contributed by atoms with van der Waals surface area (Å²) in [6, 6.07) is 8.38. The molecule has 162 valence electrons. The molecule has 1 aliphatic heterocycles. The van der Waals surface area contributed by atoms with Crippen LogP contribution in [0.4, 0.5) is 15.8 Å². The minimum absolute atomic E-state index is 0.00231.